The fraction of sp³-hybridized carbons (Fsp3) is 0.240. The molecule has 0 saturated heterocycles. The Hall–Kier alpha value is -4.25. The van der Waals surface area contributed by atoms with Crippen LogP contribution in [-0.4, -0.2) is 32.3 Å². The Labute approximate surface area is 190 Å². The van der Waals surface area contributed by atoms with Crippen LogP contribution in [-0.2, 0) is 6.54 Å². The molecule has 1 aliphatic carbocycles. The summed E-state index contributed by atoms with van der Waals surface area (Å²) in [6.45, 7) is 2.19. The molecule has 1 saturated carbocycles. The van der Waals surface area contributed by atoms with E-state index in [2.05, 4.69) is 15.4 Å². The van der Waals surface area contributed by atoms with E-state index in [0.29, 0.717) is 35.2 Å². The van der Waals surface area contributed by atoms with Crippen molar-refractivity contribution in [3.63, 3.8) is 0 Å². The van der Waals surface area contributed by atoms with E-state index in [1.165, 1.54) is 0 Å². The number of nitrogens with one attached hydrogen (secondary N) is 1. The van der Waals surface area contributed by atoms with Crippen LogP contribution in [0.5, 0.6) is 5.75 Å². The molecule has 1 fully saturated rings. The summed E-state index contributed by atoms with van der Waals surface area (Å²) in [6.07, 6.45) is 3.86. The zero-order chi connectivity index (χ0) is 22.8. The predicted molar refractivity (Wildman–Crippen MR) is 122 cm³/mol. The average Bonchev–Trinajstić information content (AvgIpc) is 3.65. The molecule has 164 valence electrons. The van der Waals surface area contributed by atoms with E-state index in [1.807, 2.05) is 55.5 Å². The van der Waals surface area contributed by atoms with Gasteiger partial charge >= 0.3 is 0 Å². The first-order chi connectivity index (χ1) is 16.1. The molecule has 8 nitrogen and oxygen atoms in total. The maximum absolute atomic E-state index is 13.3. The number of benzene rings is 1. The maximum Gasteiger partial charge on any atom is 0.252 e. The lowest BCUT2D eigenvalue weighted by molar-refractivity contribution is 0.0952. The highest BCUT2D eigenvalue weighted by Gasteiger charge is 2.29. The number of hydrogen-bond donors (Lipinski definition) is 1. The van der Waals surface area contributed by atoms with Gasteiger partial charge in [-0.25, -0.2) is 9.97 Å². The number of pyridine rings is 2. The number of aryl methyl sites for hydroxylation is 1. The fourth-order valence-corrected chi connectivity index (χ4v) is 3.85. The largest absolute Gasteiger partial charge is 0.479 e. The number of hydrogen-bond acceptors (Lipinski definition) is 6. The highest BCUT2D eigenvalue weighted by Crippen LogP contribution is 2.40. The van der Waals surface area contributed by atoms with Gasteiger partial charge in [0.05, 0.1) is 16.6 Å². The summed E-state index contributed by atoms with van der Waals surface area (Å²) >= 11 is 0. The Morgan fingerprint density at radius 2 is 2.12 bits per heavy atom. The van der Waals surface area contributed by atoms with E-state index >= 15 is 0 Å². The number of nitriles is 1. The third-order valence-corrected chi connectivity index (χ3v) is 5.59. The molecule has 0 bridgehead atoms. The summed E-state index contributed by atoms with van der Waals surface area (Å²) in [5.41, 5.74) is 3.73. The van der Waals surface area contributed by atoms with E-state index in [-0.39, 0.29) is 12.5 Å². The predicted octanol–water partition coefficient (Wildman–Crippen LogP) is 3.83. The van der Waals surface area contributed by atoms with Crippen molar-refractivity contribution in [3.8, 4) is 17.6 Å². The second kappa shape index (κ2) is 8.71. The van der Waals surface area contributed by atoms with Gasteiger partial charge in [0, 0.05) is 24.4 Å². The Morgan fingerprint density at radius 3 is 2.88 bits per heavy atom. The van der Waals surface area contributed by atoms with Gasteiger partial charge < -0.3 is 10.1 Å². The number of aromatic nitrogens is 4. The molecule has 0 radical (unpaired) electrons. The van der Waals surface area contributed by atoms with E-state index in [9.17, 15) is 4.79 Å². The minimum atomic E-state index is -0.184. The van der Waals surface area contributed by atoms with Crippen LogP contribution in [0.15, 0.2) is 54.7 Å². The zero-order valence-electron chi connectivity index (χ0n) is 18.2. The normalized spacial score (nSPS) is 13.0. The van der Waals surface area contributed by atoms with Crippen molar-refractivity contribution in [2.24, 2.45) is 0 Å². The summed E-state index contributed by atoms with van der Waals surface area (Å²) in [6, 6.07) is 16.8. The molecule has 0 aliphatic heterocycles. The summed E-state index contributed by atoms with van der Waals surface area (Å²) in [5, 5.41) is 17.1. The smallest absolute Gasteiger partial charge is 0.252 e. The van der Waals surface area contributed by atoms with Gasteiger partial charge in [-0.2, -0.15) is 15.0 Å². The first-order valence-electron chi connectivity index (χ1n) is 10.8. The Bertz CT molecular complexity index is 1370. The number of nitrogens with zero attached hydrogens (tertiary/aromatic N) is 5. The van der Waals surface area contributed by atoms with Crippen molar-refractivity contribution in [1.82, 2.24) is 25.1 Å². The average molecular weight is 438 g/mol. The number of fused-ring (bicyclic) bond motifs is 1. The molecule has 1 aliphatic rings. The van der Waals surface area contributed by atoms with Crippen molar-refractivity contribution < 1.29 is 9.53 Å². The molecule has 33 heavy (non-hydrogen) atoms. The first kappa shape index (κ1) is 20.6. The van der Waals surface area contributed by atoms with Crippen molar-refractivity contribution in [3.05, 3.63) is 77.2 Å². The molecule has 1 aromatic carbocycles. The molecule has 0 unspecified atom stereocenters. The molecular formula is C25H22N6O2. The molecule has 3 aromatic heterocycles. The van der Waals surface area contributed by atoms with Gasteiger partial charge in [-0.05, 0) is 55.7 Å². The lowest BCUT2D eigenvalue weighted by Crippen LogP contribution is -2.23. The summed E-state index contributed by atoms with van der Waals surface area (Å²) in [7, 11) is 0. The highest BCUT2D eigenvalue weighted by molar-refractivity contribution is 6.06. The molecule has 1 N–H and O–H groups in total. The van der Waals surface area contributed by atoms with Crippen LogP contribution in [0.2, 0.25) is 0 Å². The molecular weight excluding hydrogens is 416 g/mol. The minimum absolute atomic E-state index is 0.0196. The van der Waals surface area contributed by atoms with Crippen LogP contribution in [0.3, 0.4) is 0 Å². The molecule has 1 amide bonds. The monoisotopic (exact) mass is 438 g/mol. The lowest BCUT2D eigenvalue weighted by atomic mass is 10.1. The molecule has 8 heteroatoms. The van der Waals surface area contributed by atoms with Crippen LogP contribution in [0.25, 0.3) is 16.9 Å². The standard InChI is InChI=1S/C25H22N6O2/c1-16-23-20(25(32)28-15-17-5-4-6-19(13-17)33-12-10-26)14-21(18-8-9-18)29-24(23)31(30-16)22-7-2-3-11-27-22/h2-7,11,13-14,18H,8-9,12,15H2,1H3,(H,28,32). The summed E-state index contributed by atoms with van der Waals surface area (Å²) in [4.78, 5) is 22.6. The molecule has 5 rings (SSSR count). The number of ether oxygens (including phenoxy) is 1. The molecule has 3 heterocycles. The zero-order valence-corrected chi connectivity index (χ0v) is 18.2. The van der Waals surface area contributed by atoms with Crippen LogP contribution < -0.4 is 10.1 Å². The Kier molecular flexibility index (Phi) is 5.45. The summed E-state index contributed by atoms with van der Waals surface area (Å²) < 4.78 is 7.07. The summed E-state index contributed by atoms with van der Waals surface area (Å²) in [5.74, 6) is 1.45. The number of rotatable bonds is 7. The third-order valence-electron chi connectivity index (χ3n) is 5.59. The van der Waals surface area contributed by atoms with Gasteiger partial charge in [-0.15, -0.1) is 0 Å². The van der Waals surface area contributed by atoms with Gasteiger partial charge in [-0.1, -0.05) is 18.2 Å². The van der Waals surface area contributed by atoms with Crippen molar-refractivity contribution in [2.75, 3.05) is 6.61 Å². The molecule has 4 aromatic rings. The van der Waals surface area contributed by atoms with Gasteiger partial charge in [-0.3, -0.25) is 4.79 Å². The van der Waals surface area contributed by atoms with Crippen molar-refractivity contribution >= 4 is 16.9 Å². The third kappa shape index (κ3) is 4.26. The number of amides is 1. The molecule has 0 spiro atoms. The van der Waals surface area contributed by atoms with E-state index < -0.39 is 0 Å². The van der Waals surface area contributed by atoms with E-state index in [1.54, 1.807) is 16.9 Å². The van der Waals surface area contributed by atoms with Crippen LogP contribution in [0.4, 0.5) is 0 Å². The van der Waals surface area contributed by atoms with Crippen LogP contribution in [0, 0.1) is 18.3 Å². The minimum Gasteiger partial charge on any atom is -0.479 e. The first-order valence-corrected chi connectivity index (χ1v) is 10.8. The topological polar surface area (TPSA) is 106 Å². The van der Waals surface area contributed by atoms with Crippen LogP contribution in [0.1, 0.15) is 46.1 Å². The number of carbonyl (C=O) groups excluding carboxylic acids is 1. The highest BCUT2D eigenvalue weighted by atomic mass is 16.5. The van der Waals surface area contributed by atoms with Gasteiger partial charge in [0.1, 0.15) is 11.8 Å². The Morgan fingerprint density at radius 1 is 1.24 bits per heavy atom. The Balaban J connectivity index is 1.48. The van der Waals surface area contributed by atoms with Gasteiger partial charge in [0.25, 0.3) is 5.91 Å². The molecule has 0 atom stereocenters. The number of carbonyl (C=O) groups is 1. The lowest BCUT2D eigenvalue weighted by Gasteiger charge is -2.10. The van der Waals surface area contributed by atoms with Gasteiger partial charge in [0.15, 0.2) is 18.1 Å². The van der Waals surface area contributed by atoms with Crippen molar-refractivity contribution in [1.29, 1.82) is 5.26 Å². The maximum atomic E-state index is 13.3. The fourth-order valence-electron chi connectivity index (χ4n) is 3.85. The SMILES string of the molecule is Cc1nn(-c2ccccn2)c2nc(C3CC3)cc(C(=O)NCc3cccc(OCC#N)c3)c12. The second-order valence-electron chi connectivity index (χ2n) is 8.03. The quantitative estimate of drug-likeness (QED) is 0.470. The van der Waals surface area contributed by atoms with E-state index in [0.717, 1.165) is 35.2 Å². The second-order valence-corrected chi connectivity index (χ2v) is 8.03. The van der Waals surface area contributed by atoms with E-state index in [4.69, 9.17) is 15.0 Å². The van der Waals surface area contributed by atoms with Gasteiger partial charge in [0.2, 0.25) is 0 Å². The van der Waals surface area contributed by atoms with Crippen LogP contribution >= 0.6 is 0 Å². The van der Waals surface area contributed by atoms with Crippen molar-refractivity contribution in [2.45, 2.75) is 32.2 Å².